The number of anilines is 1. The van der Waals surface area contributed by atoms with Gasteiger partial charge in [-0.25, -0.2) is 0 Å². The lowest BCUT2D eigenvalue weighted by molar-refractivity contribution is -0.129. The highest BCUT2D eigenvalue weighted by molar-refractivity contribution is 6.01. The molecule has 190 valence electrons. The highest BCUT2D eigenvalue weighted by atomic mass is 16.5. The van der Waals surface area contributed by atoms with Crippen LogP contribution in [-0.2, 0) is 22.6 Å². The SMILES string of the molecule is CC[C@@H](C)C(=O)N[C@H]1CCc2ccccc2N(Cc2c(OC)ccc3cc(-c4ncon4)ccc23)C1=O. The Morgan fingerprint density at radius 3 is 2.81 bits per heavy atom. The number of carbonyl (C=O) groups excluding carboxylic acids is 2. The van der Waals surface area contributed by atoms with Crippen LogP contribution in [0.25, 0.3) is 22.2 Å². The quantitative estimate of drug-likeness (QED) is 0.389. The molecule has 1 aliphatic rings. The van der Waals surface area contributed by atoms with E-state index in [9.17, 15) is 9.59 Å². The van der Waals surface area contributed by atoms with Gasteiger partial charge in [0.25, 0.3) is 0 Å². The van der Waals surface area contributed by atoms with Gasteiger partial charge in [-0.05, 0) is 53.8 Å². The molecule has 0 fully saturated rings. The molecule has 1 aliphatic heterocycles. The first-order valence-corrected chi connectivity index (χ1v) is 12.6. The molecule has 8 heteroatoms. The van der Waals surface area contributed by atoms with Crippen LogP contribution in [0.5, 0.6) is 5.75 Å². The molecule has 5 rings (SSSR count). The van der Waals surface area contributed by atoms with Crippen LogP contribution in [0.15, 0.2) is 65.5 Å². The van der Waals surface area contributed by atoms with Crippen molar-refractivity contribution in [2.75, 3.05) is 12.0 Å². The van der Waals surface area contributed by atoms with Crippen LogP contribution in [-0.4, -0.2) is 35.1 Å². The zero-order valence-corrected chi connectivity index (χ0v) is 21.2. The van der Waals surface area contributed by atoms with Crippen LogP contribution in [0.3, 0.4) is 0 Å². The van der Waals surface area contributed by atoms with Crippen molar-refractivity contribution in [3.63, 3.8) is 0 Å². The lowest BCUT2D eigenvalue weighted by Gasteiger charge is -2.28. The van der Waals surface area contributed by atoms with E-state index in [1.54, 1.807) is 12.0 Å². The molecule has 0 aliphatic carbocycles. The molecule has 2 heterocycles. The van der Waals surface area contributed by atoms with Gasteiger partial charge in [-0.2, -0.15) is 4.98 Å². The second-order valence-electron chi connectivity index (χ2n) is 9.40. The minimum Gasteiger partial charge on any atom is -0.496 e. The molecule has 2 amide bonds. The average Bonchev–Trinajstić information content (AvgIpc) is 3.44. The summed E-state index contributed by atoms with van der Waals surface area (Å²) < 4.78 is 10.6. The molecule has 2 atom stereocenters. The van der Waals surface area contributed by atoms with Crippen molar-refractivity contribution in [1.29, 1.82) is 0 Å². The summed E-state index contributed by atoms with van der Waals surface area (Å²) in [6, 6.07) is 17.2. The Labute approximate surface area is 215 Å². The minimum absolute atomic E-state index is 0.0940. The van der Waals surface area contributed by atoms with Crippen molar-refractivity contribution < 1.29 is 18.8 Å². The fourth-order valence-electron chi connectivity index (χ4n) is 4.84. The smallest absolute Gasteiger partial charge is 0.249 e. The van der Waals surface area contributed by atoms with Gasteiger partial charge in [-0.1, -0.05) is 55.4 Å². The number of carbonyl (C=O) groups is 2. The molecular formula is C29H30N4O4. The van der Waals surface area contributed by atoms with Crippen LogP contribution in [0.4, 0.5) is 5.69 Å². The van der Waals surface area contributed by atoms with Crippen LogP contribution in [0, 0.1) is 5.92 Å². The van der Waals surface area contributed by atoms with Gasteiger partial charge in [0.15, 0.2) is 0 Å². The Morgan fingerprint density at radius 1 is 1.22 bits per heavy atom. The third kappa shape index (κ3) is 4.79. The van der Waals surface area contributed by atoms with E-state index in [0.717, 1.165) is 39.6 Å². The molecule has 3 aromatic carbocycles. The van der Waals surface area contributed by atoms with Crippen molar-refractivity contribution in [3.05, 3.63) is 72.1 Å². The standard InChI is InChI=1S/C29H30N4O4/c1-4-18(2)28(34)31-24-13-10-19-7-5-6-8-25(19)33(29(24)35)16-23-22-12-9-21(27-30-17-37-32-27)15-20(22)11-14-26(23)36-3/h5-9,11-12,14-15,17-18,24H,4,10,13,16H2,1-3H3,(H,31,34)/t18-,24+/m1/s1. The highest BCUT2D eigenvalue weighted by Gasteiger charge is 2.33. The van der Waals surface area contributed by atoms with Gasteiger partial charge < -0.3 is 19.5 Å². The van der Waals surface area contributed by atoms with E-state index in [1.807, 2.05) is 68.4 Å². The molecule has 4 aromatic rings. The van der Waals surface area contributed by atoms with Gasteiger partial charge in [0.05, 0.1) is 13.7 Å². The third-order valence-electron chi connectivity index (χ3n) is 7.17. The number of ether oxygens (including phenoxy) is 1. The Kier molecular flexibility index (Phi) is 6.90. The number of rotatable bonds is 7. The van der Waals surface area contributed by atoms with Crippen LogP contribution in [0.1, 0.15) is 37.8 Å². The maximum absolute atomic E-state index is 13.9. The second kappa shape index (κ2) is 10.4. The summed E-state index contributed by atoms with van der Waals surface area (Å²) in [6.07, 6.45) is 3.27. The molecule has 37 heavy (non-hydrogen) atoms. The number of nitrogens with one attached hydrogen (secondary N) is 1. The number of amides is 2. The molecule has 0 bridgehead atoms. The van der Waals surface area contributed by atoms with Gasteiger partial charge in [0.1, 0.15) is 11.8 Å². The van der Waals surface area contributed by atoms with E-state index >= 15 is 0 Å². The van der Waals surface area contributed by atoms with Crippen LogP contribution < -0.4 is 15.0 Å². The molecule has 1 N–H and O–H groups in total. The summed E-state index contributed by atoms with van der Waals surface area (Å²) in [4.78, 5) is 32.6. The minimum atomic E-state index is -0.597. The Hall–Kier alpha value is -4.20. The van der Waals surface area contributed by atoms with E-state index in [4.69, 9.17) is 9.26 Å². The first-order valence-electron chi connectivity index (χ1n) is 12.6. The van der Waals surface area contributed by atoms with Crippen molar-refractivity contribution >= 4 is 28.3 Å². The number of aryl methyl sites for hydroxylation is 1. The lowest BCUT2D eigenvalue weighted by atomic mass is 9.99. The maximum Gasteiger partial charge on any atom is 0.249 e. The fourth-order valence-corrected chi connectivity index (χ4v) is 4.84. The normalized spacial score (nSPS) is 16.2. The molecule has 0 unspecified atom stereocenters. The highest BCUT2D eigenvalue weighted by Crippen LogP contribution is 2.35. The molecule has 0 spiro atoms. The summed E-state index contributed by atoms with van der Waals surface area (Å²) in [5.74, 6) is 0.830. The number of hydrogen-bond acceptors (Lipinski definition) is 6. The Morgan fingerprint density at radius 2 is 2.05 bits per heavy atom. The van der Waals surface area contributed by atoms with Crippen LogP contribution in [0.2, 0.25) is 0 Å². The number of benzene rings is 3. The van der Waals surface area contributed by atoms with Gasteiger partial charge in [0, 0.05) is 22.7 Å². The van der Waals surface area contributed by atoms with Crippen molar-refractivity contribution in [2.45, 2.75) is 45.7 Å². The molecular weight excluding hydrogens is 468 g/mol. The summed E-state index contributed by atoms with van der Waals surface area (Å²) in [5, 5.41) is 8.88. The predicted molar refractivity (Wildman–Crippen MR) is 141 cm³/mol. The van der Waals surface area contributed by atoms with Crippen molar-refractivity contribution in [3.8, 4) is 17.1 Å². The van der Waals surface area contributed by atoms with E-state index < -0.39 is 6.04 Å². The van der Waals surface area contributed by atoms with Gasteiger partial charge in [0.2, 0.25) is 24.0 Å². The second-order valence-corrected chi connectivity index (χ2v) is 9.40. The first kappa shape index (κ1) is 24.5. The van der Waals surface area contributed by atoms with Gasteiger partial charge in [-0.15, -0.1) is 0 Å². The van der Waals surface area contributed by atoms with Gasteiger partial charge in [-0.3, -0.25) is 9.59 Å². The number of fused-ring (bicyclic) bond motifs is 2. The predicted octanol–water partition coefficient (Wildman–Crippen LogP) is 4.91. The molecule has 0 radical (unpaired) electrons. The Bertz CT molecular complexity index is 1430. The summed E-state index contributed by atoms with van der Waals surface area (Å²) in [7, 11) is 1.63. The number of aromatic nitrogens is 2. The van der Waals surface area contributed by atoms with Crippen LogP contribution >= 0.6 is 0 Å². The third-order valence-corrected chi connectivity index (χ3v) is 7.17. The number of hydrogen-bond donors (Lipinski definition) is 1. The number of methoxy groups -OCH3 is 1. The summed E-state index contributed by atoms with van der Waals surface area (Å²) in [5.41, 5.74) is 3.66. The van der Waals surface area contributed by atoms with E-state index in [0.29, 0.717) is 31.0 Å². The average molecular weight is 499 g/mol. The fraction of sp³-hybridized carbons (Fsp3) is 0.310. The summed E-state index contributed by atoms with van der Waals surface area (Å²) in [6.45, 7) is 4.15. The summed E-state index contributed by atoms with van der Waals surface area (Å²) >= 11 is 0. The largest absolute Gasteiger partial charge is 0.496 e. The monoisotopic (exact) mass is 498 g/mol. The Balaban J connectivity index is 1.56. The maximum atomic E-state index is 13.9. The number of nitrogens with zero attached hydrogens (tertiary/aromatic N) is 3. The van der Waals surface area contributed by atoms with Crippen molar-refractivity contribution in [2.24, 2.45) is 5.92 Å². The lowest BCUT2D eigenvalue weighted by Crippen LogP contribution is -2.49. The first-order chi connectivity index (χ1) is 18.0. The molecule has 0 saturated carbocycles. The zero-order chi connectivity index (χ0) is 25.9. The molecule has 8 nitrogen and oxygen atoms in total. The topological polar surface area (TPSA) is 97.6 Å². The molecule has 0 saturated heterocycles. The van der Waals surface area contributed by atoms with Gasteiger partial charge >= 0.3 is 0 Å². The van der Waals surface area contributed by atoms with E-state index in [2.05, 4.69) is 15.5 Å². The zero-order valence-electron chi connectivity index (χ0n) is 21.2. The van der Waals surface area contributed by atoms with E-state index in [1.165, 1.54) is 6.39 Å². The van der Waals surface area contributed by atoms with E-state index in [-0.39, 0.29) is 17.7 Å². The molecule has 1 aromatic heterocycles. The van der Waals surface area contributed by atoms with Crippen molar-refractivity contribution in [1.82, 2.24) is 15.5 Å². The number of para-hydroxylation sites is 1.